The highest BCUT2D eigenvalue weighted by atomic mass is 32.2. The molecule has 0 aliphatic heterocycles. The summed E-state index contributed by atoms with van der Waals surface area (Å²) in [5.41, 5.74) is 1.05. The summed E-state index contributed by atoms with van der Waals surface area (Å²) in [5, 5.41) is 8.30. The van der Waals surface area contributed by atoms with E-state index in [9.17, 15) is 13.2 Å². The highest BCUT2D eigenvalue weighted by Crippen LogP contribution is 2.61. The lowest BCUT2D eigenvalue weighted by atomic mass is 9.48. The van der Waals surface area contributed by atoms with E-state index < -0.39 is 10.0 Å². The van der Waals surface area contributed by atoms with Gasteiger partial charge < -0.3 is 5.32 Å². The molecule has 146 valence electrons. The minimum absolute atomic E-state index is 0.0690. The summed E-state index contributed by atoms with van der Waals surface area (Å²) in [6.45, 7) is 2.17. The van der Waals surface area contributed by atoms with Crippen LogP contribution >= 0.6 is 0 Å². The maximum atomic E-state index is 12.4. The van der Waals surface area contributed by atoms with Crippen molar-refractivity contribution in [2.45, 2.75) is 56.4 Å². The third-order valence-corrected chi connectivity index (χ3v) is 7.93. The highest BCUT2D eigenvalue weighted by Gasteiger charge is 2.53. The van der Waals surface area contributed by atoms with E-state index >= 15 is 0 Å². The van der Waals surface area contributed by atoms with Crippen LogP contribution < -0.4 is 10.5 Å². The third kappa shape index (κ3) is 3.83. The number of hydrogen-bond acceptors (Lipinski definition) is 3. The van der Waals surface area contributed by atoms with Crippen LogP contribution in [0.4, 0.5) is 0 Å². The second-order valence-electron chi connectivity index (χ2n) is 8.96. The number of carbonyl (C=O) groups is 1. The molecule has 27 heavy (non-hydrogen) atoms. The molecule has 0 heterocycles. The van der Waals surface area contributed by atoms with Gasteiger partial charge in [-0.25, -0.2) is 13.6 Å². The zero-order valence-electron chi connectivity index (χ0n) is 15.7. The smallest absolute Gasteiger partial charge is 0.244 e. The molecule has 1 amide bonds. The number of rotatable bonds is 5. The largest absolute Gasteiger partial charge is 0.350 e. The molecule has 4 fully saturated rings. The van der Waals surface area contributed by atoms with Gasteiger partial charge in [0.15, 0.2) is 0 Å². The fraction of sp³-hybridized carbons (Fsp3) is 0.571. The summed E-state index contributed by atoms with van der Waals surface area (Å²) < 4.78 is 22.6. The van der Waals surface area contributed by atoms with Gasteiger partial charge in [-0.2, -0.15) is 0 Å². The summed E-state index contributed by atoms with van der Waals surface area (Å²) in [5.74, 6) is 2.50. The summed E-state index contributed by atoms with van der Waals surface area (Å²) in [7, 11) is -3.69. The van der Waals surface area contributed by atoms with Gasteiger partial charge in [0, 0.05) is 12.1 Å². The van der Waals surface area contributed by atoms with E-state index in [4.69, 9.17) is 5.14 Å². The molecule has 4 aliphatic rings. The first-order chi connectivity index (χ1) is 12.7. The maximum Gasteiger partial charge on any atom is 0.244 e. The zero-order valence-corrected chi connectivity index (χ0v) is 16.5. The van der Waals surface area contributed by atoms with Crippen LogP contribution in [0.3, 0.4) is 0 Å². The molecule has 0 aromatic heterocycles. The van der Waals surface area contributed by atoms with Gasteiger partial charge in [0.2, 0.25) is 15.9 Å². The van der Waals surface area contributed by atoms with Gasteiger partial charge in [-0.1, -0.05) is 12.1 Å². The van der Waals surface area contributed by atoms with E-state index in [0.717, 1.165) is 23.3 Å². The summed E-state index contributed by atoms with van der Waals surface area (Å²) in [6.07, 6.45) is 11.2. The number of primary sulfonamides is 1. The number of sulfonamides is 1. The van der Waals surface area contributed by atoms with Crippen LogP contribution in [-0.2, 0) is 14.8 Å². The average Bonchev–Trinajstić information content (AvgIpc) is 2.58. The van der Waals surface area contributed by atoms with E-state index in [0.29, 0.717) is 0 Å². The Bertz CT molecular complexity index is 823. The third-order valence-electron chi connectivity index (χ3n) is 7.00. The number of carbonyl (C=O) groups excluding carboxylic acids is 1. The van der Waals surface area contributed by atoms with Gasteiger partial charge in [-0.3, -0.25) is 4.79 Å². The number of nitrogens with two attached hydrogens (primary N) is 1. The van der Waals surface area contributed by atoms with E-state index in [1.165, 1.54) is 56.7 Å². The Labute approximate surface area is 161 Å². The van der Waals surface area contributed by atoms with Gasteiger partial charge >= 0.3 is 0 Å². The van der Waals surface area contributed by atoms with Gasteiger partial charge in [-0.15, -0.1) is 0 Å². The number of nitrogens with one attached hydrogen (secondary N) is 1. The minimum atomic E-state index is -3.69. The van der Waals surface area contributed by atoms with E-state index in [2.05, 4.69) is 12.2 Å². The molecule has 1 unspecified atom stereocenters. The molecule has 4 bridgehead atoms. The van der Waals surface area contributed by atoms with Crippen molar-refractivity contribution in [3.8, 4) is 0 Å². The molecule has 1 atom stereocenters. The predicted octanol–water partition coefficient (Wildman–Crippen LogP) is 3.07. The maximum absolute atomic E-state index is 12.4. The second-order valence-corrected chi connectivity index (χ2v) is 10.5. The SMILES string of the molecule is CC(NC(=O)/C=C/c1ccc(S(N)(=O)=O)cc1)C12CC3CC(CC(C3)C1)C2. The first kappa shape index (κ1) is 18.7. The number of benzene rings is 1. The lowest BCUT2D eigenvalue weighted by Crippen LogP contribution is -2.55. The van der Waals surface area contributed by atoms with Crippen molar-refractivity contribution in [3.63, 3.8) is 0 Å². The lowest BCUT2D eigenvalue weighted by Gasteiger charge is -2.59. The molecule has 5 rings (SSSR count). The fourth-order valence-corrected chi connectivity index (χ4v) is 6.58. The molecular formula is C21H28N2O3S. The molecular weight excluding hydrogens is 360 g/mol. The second kappa shape index (κ2) is 6.74. The molecule has 6 heteroatoms. The van der Waals surface area contributed by atoms with Crippen LogP contribution in [0.5, 0.6) is 0 Å². The van der Waals surface area contributed by atoms with Gasteiger partial charge in [-0.05, 0) is 92.4 Å². The predicted molar refractivity (Wildman–Crippen MR) is 105 cm³/mol. The molecule has 0 saturated heterocycles. The molecule has 3 N–H and O–H groups in total. The van der Waals surface area contributed by atoms with Gasteiger partial charge in [0.25, 0.3) is 0 Å². The monoisotopic (exact) mass is 388 g/mol. The summed E-state index contributed by atoms with van der Waals surface area (Å²) in [6, 6.07) is 6.38. The van der Waals surface area contributed by atoms with Crippen LogP contribution in [0, 0.1) is 23.2 Å². The summed E-state index contributed by atoms with van der Waals surface area (Å²) >= 11 is 0. The Hall–Kier alpha value is -1.66. The van der Waals surface area contributed by atoms with Crippen molar-refractivity contribution in [2.24, 2.45) is 28.3 Å². The highest BCUT2D eigenvalue weighted by molar-refractivity contribution is 7.89. The van der Waals surface area contributed by atoms with Crippen molar-refractivity contribution >= 4 is 22.0 Å². The molecule has 4 aliphatic carbocycles. The van der Waals surface area contributed by atoms with Crippen molar-refractivity contribution in [1.82, 2.24) is 5.32 Å². The standard InChI is InChI=1S/C21H28N2O3S/c1-14(21-11-16-8-17(12-21)10-18(9-16)13-21)23-20(24)7-4-15-2-5-19(6-3-15)27(22,25)26/h2-7,14,16-18H,8-13H2,1H3,(H,23,24)(H2,22,25,26)/b7-4+. The van der Waals surface area contributed by atoms with Crippen LogP contribution in [0.1, 0.15) is 51.0 Å². The van der Waals surface area contributed by atoms with Gasteiger partial charge in [0.05, 0.1) is 4.90 Å². The van der Waals surface area contributed by atoms with E-state index in [1.807, 2.05) is 0 Å². The van der Waals surface area contributed by atoms with E-state index in [1.54, 1.807) is 18.2 Å². The first-order valence-corrected chi connectivity index (χ1v) is 11.4. The van der Waals surface area contributed by atoms with E-state index in [-0.39, 0.29) is 22.3 Å². The Morgan fingerprint density at radius 3 is 2.11 bits per heavy atom. The van der Waals surface area contributed by atoms with Gasteiger partial charge in [0.1, 0.15) is 0 Å². The number of hydrogen-bond donors (Lipinski definition) is 2. The normalized spacial score (nSPS) is 33.3. The quantitative estimate of drug-likeness (QED) is 0.760. The van der Waals surface area contributed by atoms with Crippen molar-refractivity contribution in [1.29, 1.82) is 0 Å². The number of amides is 1. The van der Waals surface area contributed by atoms with Crippen molar-refractivity contribution < 1.29 is 13.2 Å². The first-order valence-electron chi connectivity index (χ1n) is 9.85. The molecule has 1 aromatic rings. The Morgan fingerprint density at radius 2 is 1.63 bits per heavy atom. The molecule has 0 radical (unpaired) electrons. The molecule has 5 nitrogen and oxygen atoms in total. The van der Waals surface area contributed by atoms with Crippen molar-refractivity contribution in [3.05, 3.63) is 35.9 Å². The van der Waals surface area contributed by atoms with Crippen LogP contribution in [0.25, 0.3) is 6.08 Å². The Kier molecular flexibility index (Phi) is 4.67. The Morgan fingerprint density at radius 1 is 1.11 bits per heavy atom. The van der Waals surface area contributed by atoms with Crippen LogP contribution in [-0.4, -0.2) is 20.4 Å². The molecule has 4 saturated carbocycles. The topological polar surface area (TPSA) is 89.3 Å². The average molecular weight is 389 g/mol. The molecule has 1 aromatic carbocycles. The Balaban J connectivity index is 1.38. The zero-order chi connectivity index (χ0) is 19.2. The van der Waals surface area contributed by atoms with Crippen LogP contribution in [0.2, 0.25) is 0 Å². The summed E-state index contributed by atoms with van der Waals surface area (Å²) in [4.78, 5) is 12.5. The van der Waals surface area contributed by atoms with Crippen LogP contribution in [0.15, 0.2) is 35.2 Å². The minimum Gasteiger partial charge on any atom is -0.350 e. The van der Waals surface area contributed by atoms with Crippen molar-refractivity contribution in [2.75, 3.05) is 0 Å². The fourth-order valence-electron chi connectivity index (χ4n) is 6.06. The lowest BCUT2D eigenvalue weighted by molar-refractivity contribution is -0.121. The molecule has 0 spiro atoms.